The van der Waals surface area contributed by atoms with E-state index < -0.39 is 11.2 Å². The van der Waals surface area contributed by atoms with Crippen molar-refractivity contribution in [3.8, 4) is 11.8 Å². The quantitative estimate of drug-likeness (QED) is 0.486. The molecule has 0 saturated heterocycles. The Kier molecular flexibility index (Phi) is 3.93. The predicted octanol–water partition coefficient (Wildman–Crippen LogP) is 1.57. The molecule has 0 aromatic carbocycles. The summed E-state index contributed by atoms with van der Waals surface area (Å²) in [6.45, 7) is 0.183. The average Bonchev–Trinajstić information content (AvgIpc) is 3.19. The van der Waals surface area contributed by atoms with E-state index in [0.717, 1.165) is 8.35 Å². The number of nitriles is 1. The number of halogens is 1. The Morgan fingerprint density at radius 2 is 2.15 bits per heavy atom. The first kappa shape index (κ1) is 16.6. The van der Waals surface area contributed by atoms with E-state index in [1.165, 1.54) is 33.0 Å². The van der Waals surface area contributed by atoms with Crippen molar-refractivity contribution in [1.29, 1.82) is 5.26 Å². The summed E-state index contributed by atoms with van der Waals surface area (Å²) >= 11 is 4.60. The Bertz CT molecular complexity index is 1320. The van der Waals surface area contributed by atoms with E-state index in [1.807, 2.05) is 6.07 Å². The summed E-state index contributed by atoms with van der Waals surface area (Å²) in [6.07, 6.45) is 3.11. The van der Waals surface area contributed by atoms with E-state index >= 15 is 0 Å². The third-order valence-electron chi connectivity index (χ3n) is 3.97. The van der Waals surface area contributed by atoms with E-state index in [1.54, 1.807) is 13.1 Å². The molecule has 0 fully saturated rings. The van der Waals surface area contributed by atoms with Crippen LogP contribution in [0.15, 0.2) is 31.8 Å². The number of fused-ring (bicyclic) bond motifs is 2. The molecule has 9 nitrogen and oxygen atoms in total. The zero-order valence-electron chi connectivity index (χ0n) is 13.4. The number of thiophene rings is 1. The van der Waals surface area contributed by atoms with E-state index in [0.29, 0.717) is 26.9 Å². The standard InChI is InChI=1S/C15H10BrN7O2S/c1-21-12-8(19-20-21)6-18-7-10(12)23-14(24)13-9(5-11(16)26-13)22(15(23)25)4-2-3-17/h5-7H,2,4H2,1H3. The molecule has 0 aliphatic rings. The molecule has 4 rings (SSSR count). The van der Waals surface area contributed by atoms with E-state index in [9.17, 15) is 9.59 Å². The molecule has 4 heterocycles. The van der Waals surface area contributed by atoms with Gasteiger partial charge in [0.2, 0.25) is 0 Å². The fourth-order valence-electron chi connectivity index (χ4n) is 2.87. The summed E-state index contributed by atoms with van der Waals surface area (Å²) in [7, 11) is 1.68. The third-order valence-corrected chi connectivity index (χ3v) is 5.59. The van der Waals surface area contributed by atoms with Crippen LogP contribution < -0.4 is 11.2 Å². The predicted molar refractivity (Wildman–Crippen MR) is 99.5 cm³/mol. The van der Waals surface area contributed by atoms with Gasteiger partial charge in [0.15, 0.2) is 0 Å². The van der Waals surface area contributed by atoms with Gasteiger partial charge in [-0.1, -0.05) is 5.21 Å². The van der Waals surface area contributed by atoms with Gasteiger partial charge in [-0.2, -0.15) is 5.26 Å². The molecule has 0 spiro atoms. The molecule has 4 aromatic heterocycles. The largest absolute Gasteiger partial charge is 0.336 e. The second kappa shape index (κ2) is 6.15. The molecule has 0 atom stereocenters. The minimum Gasteiger partial charge on any atom is -0.291 e. The number of nitrogens with zero attached hydrogens (tertiary/aromatic N) is 7. The molecule has 0 bridgehead atoms. The number of rotatable bonds is 3. The minimum absolute atomic E-state index is 0.149. The maximum atomic E-state index is 13.1. The van der Waals surface area contributed by atoms with Crippen molar-refractivity contribution >= 4 is 48.5 Å². The Morgan fingerprint density at radius 1 is 1.35 bits per heavy atom. The number of aryl methyl sites for hydroxylation is 2. The fraction of sp³-hybridized carbons (Fsp3) is 0.200. The molecule has 0 unspecified atom stereocenters. The highest BCUT2D eigenvalue weighted by atomic mass is 79.9. The van der Waals surface area contributed by atoms with Crippen LogP contribution in [0.25, 0.3) is 26.9 Å². The van der Waals surface area contributed by atoms with Crippen molar-refractivity contribution in [2.45, 2.75) is 13.0 Å². The van der Waals surface area contributed by atoms with Crippen LogP contribution in [0.4, 0.5) is 0 Å². The maximum absolute atomic E-state index is 13.1. The zero-order valence-corrected chi connectivity index (χ0v) is 15.8. The molecule has 4 aromatic rings. The van der Waals surface area contributed by atoms with Gasteiger partial charge < -0.3 is 0 Å². The first-order valence-electron chi connectivity index (χ1n) is 7.48. The number of hydrogen-bond donors (Lipinski definition) is 0. The third kappa shape index (κ3) is 2.38. The fourth-order valence-corrected chi connectivity index (χ4v) is 4.39. The molecule has 0 aliphatic carbocycles. The van der Waals surface area contributed by atoms with E-state index in [4.69, 9.17) is 5.26 Å². The van der Waals surface area contributed by atoms with Crippen molar-refractivity contribution in [3.05, 3.63) is 43.1 Å². The molecule has 0 amide bonds. The van der Waals surface area contributed by atoms with Crippen LogP contribution >= 0.6 is 27.3 Å². The van der Waals surface area contributed by atoms with Gasteiger partial charge in [0.1, 0.15) is 15.7 Å². The van der Waals surface area contributed by atoms with Crippen molar-refractivity contribution in [3.63, 3.8) is 0 Å². The topological polar surface area (TPSA) is 111 Å². The number of hydrogen-bond acceptors (Lipinski definition) is 7. The highest BCUT2D eigenvalue weighted by molar-refractivity contribution is 9.11. The van der Waals surface area contributed by atoms with Gasteiger partial charge in [0.25, 0.3) is 5.56 Å². The summed E-state index contributed by atoms with van der Waals surface area (Å²) in [6, 6.07) is 3.75. The lowest BCUT2D eigenvalue weighted by Gasteiger charge is -2.11. The number of aromatic nitrogens is 6. The first-order valence-corrected chi connectivity index (χ1v) is 9.09. The van der Waals surface area contributed by atoms with Gasteiger partial charge in [-0.25, -0.2) is 14.0 Å². The molecule has 0 saturated carbocycles. The zero-order chi connectivity index (χ0) is 18.4. The SMILES string of the molecule is Cn1nnc2cncc(-n3c(=O)c4sc(Br)cc4n(CCC#N)c3=O)c21. The molecule has 11 heteroatoms. The Morgan fingerprint density at radius 3 is 2.92 bits per heavy atom. The second-order valence-electron chi connectivity index (χ2n) is 5.49. The lowest BCUT2D eigenvalue weighted by Crippen LogP contribution is -2.38. The van der Waals surface area contributed by atoms with Crippen LogP contribution in [-0.2, 0) is 13.6 Å². The van der Waals surface area contributed by atoms with Gasteiger partial charge in [-0.15, -0.1) is 16.4 Å². The summed E-state index contributed by atoms with van der Waals surface area (Å²) in [5.74, 6) is 0. The van der Waals surface area contributed by atoms with Crippen molar-refractivity contribution < 1.29 is 0 Å². The van der Waals surface area contributed by atoms with Crippen molar-refractivity contribution in [1.82, 2.24) is 29.1 Å². The molecular formula is C15H10BrN7O2S. The van der Waals surface area contributed by atoms with Gasteiger partial charge in [0.05, 0.1) is 39.9 Å². The molecule has 130 valence electrons. The van der Waals surface area contributed by atoms with Gasteiger partial charge >= 0.3 is 5.69 Å². The second-order valence-corrected chi connectivity index (χ2v) is 7.92. The Labute approximate surface area is 157 Å². The molecule has 0 radical (unpaired) electrons. The maximum Gasteiger partial charge on any atom is 0.336 e. The summed E-state index contributed by atoms with van der Waals surface area (Å²) < 4.78 is 5.14. The monoisotopic (exact) mass is 431 g/mol. The van der Waals surface area contributed by atoms with Gasteiger partial charge in [0, 0.05) is 13.6 Å². The van der Waals surface area contributed by atoms with Crippen LogP contribution in [0.5, 0.6) is 0 Å². The van der Waals surface area contributed by atoms with Crippen LogP contribution in [0.3, 0.4) is 0 Å². The summed E-state index contributed by atoms with van der Waals surface area (Å²) in [5.41, 5.74) is 0.852. The molecule has 0 N–H and O–H groups in total. The lowest BCUT2D eigenvalue weighted by molar-refractivity contribution is 0.661. The Balaban J connectivity index is 2.16. The number of pyridine rings is 1. The smallest absolute Gasteiger partial charge is 0.291 e. The molecule has 0 aliphatic heterocycles. The normalized spacial score (nSPS) is 11.3. The van der Waals surface area contributed by atoms with Crippen LogP contribution in [0.1, 0.15) is 6.42 Å². The molecular weight excluding hydrogens is 422 g/mol. The summed E-state index contributed by atoms with van der Waals surface area (Å²) in [4.78, 5) is 30.3. The first-order chi connectivity index (χ1) is 12.5. The lowest BCUT2D eigenvalue weighted by atomic mass is 10.3. The van der Waals surface area contributed by atoms with Crippen molar-refractivity contribution in [2.24, 2.45) is 7.05 Å². The minimum atomic E-state index is -0.529. The van der Waals surface area contributed by atoms with Gasteiger partial charge in [-0.05, 0) is 22.0 Å². The average molecular weight is 432 g/mol. The van der Waals surface area contributed by atoms with Crippen LogP contribution in [0.2, 0.25) is 0 Å². The van der Waals surface area contributed by atoms with E-state index in [2.05, 4.69) is 31.2 Å². The summed E-state index contributed by atoms with van der Waals surface area (Å²) in [5, 5.41) is 16.8. The highest BCUT2D eigenvalue weighted by Gasteiger charge is 2.20. The van der Waals surface area contributed by atoms with Crippen molar-refractivity contribution in [2.75, 3.05) is 0 Å². The van der Waals surface area contributed by atoms with Crippen LogP contribution in [0, 0.1) is 11.3 Å². The van der Waals surface area contributed by atoms with Gasteiger partial charge in [-0.3, -0.25) is 14.3 Å². The Hall–Kier alpha value is -2.84. The van der Waals surface area contributed by atoms with Crippen LogP contribution in [-0.4, -0.2) is 29.1 Å². The molecule has 26 heavy (non-hydrogen) atoms. The van der Waals surface area contributed by atoms with E-state index in [-0.39, 0.29) is 13.0 Å². The highest BCUT2D eigenvalue weighted by Crippen LogP contribution is 2.27.